The van der Waals surface area contributed by atoms with E-state index in [0.717, 1.165) is 63.4 Å². The van der Waals surface area contributed by atoms with E-state index in [1.165, 1.54) is 0 Å². The normalized spacial score (nSPS) is 24.8. The van der Waals surface area contributed by atoms with Crippen molar-refractivity contribution in [3.63, 3.8) is 0 Å². The van der Waals surface area contributed by atoms with Crippen molar-refractivity contribution in [2.75, 3.05) is 13.2 Å². The summed E-state index contributed by atoms with van der Waals surface area (Å²) in [5.74, 6) is -1.24. The number of benzene rings is 1. The quantitative estimate of drug-likeness (QED) is 0.522. The Morgan fingerprint density at radius 2 is 1.73 bits per heavy atom. The van der Waals surface area contributed by atoms with Gasteiger partial charge >= 0.3 is 0 Å². The van der Waals surface area contributed by atoms with Crippen LogP contribution in [-0.4, -0.2) is 48.1 Å². The van der Waals surface area contributed by atoms with Crippen LogP contribution in [0.15, 0.2) is 30.3 Å². The fourth-order valence-corrected chi connectivity index (χ4v) is 4.98. The van der Waals surface area contributed by atoms with Crippen molar-refractivity contribution in [2.24, 2.45) is 11.8 Å². The Kier molecular flexibility index (Phi) is 12.4. The molecule has 2 N–H and O–H groups in total. The van der Waals surface area contributed by atoms with Crippen molar-refractivity contribution in [1.29, 1.82) is 0 Å². The molecular weight excluding hydrogens is 470 g/mol. The zero-order valence-electron chi connectivity index (χ0n) is 22.6. The van der Waals surface area contributed by atoms with Crippen LogP contribution < -0.4 is 10.8 Å². The van der Waals surface area contributed by atoms with Crippen LogP contribution in [0.5, 0.6) is 0 Å². The third-order valence-corrected chi connectivity index (χ3v) is 7.23. The zero-order chi connectivity index (χ0) is 26.5. The van der Waals surface area contributed by atoms with Gasteiger partial charge in [-0.15, -0.1) is 0 Å². The lowest BCUT2D eigenvalue weighted by atomic mass is 9.94. The first-order chi connectivity index (χ1) is 17.9. The van der Waals surface area contributed by atoms with Gasteiger partial charge in [0.1, 0.15) is 6.04 Å². The van der Waals surface area contributed by atoms with E-state index in [2.05, 4.69) is 10.8 Å². The van der Waals surface area contributed by atoms with E-state index in [1.807, 2.05) is 49.1 Å². The van der Waals surface area contributed by atoms with Gasteiger partial charge in [-0.05, 0) is 37.2 Å². The highest BCUT2D eigenvalue weighted by Crippen LogP contribution is 2.20. The monoisotopic (exact) mass is 515 g/mol. The third kappa shape index (κ3) is 10.1. The molecule has 1 aromatic carbocycles. The molecule has 0 saturated carbocycles. The summed E-state index contributed by atoms with van der Waals surface area (Å²) < 4.78 is 5.50. The van der Waals surface area contributed by atoms with Gasteiger partial charge in [-0.25, -0.2) is 10.3 Å². The highest BCUT2D eigenvalue weighted by atomic mass is 16.8. The molecular formula is C29H45N3O5. The van der Waals surface area contributed by atoms with E-state index in [-0.39, 0.29) is 30.1 Å². The average molecular weight is 516 g/mol. The summed E-state index contributed by atoms with van der Waals surface area (Å²) in [5, 5.41) is 3.02. The highest BCUT2D eigenvalue weighted by molar-refractivity contribution is 5.90. The van der Waals surface area contributed by atoms with Crippen molar-refractivity contribution in [1.82, 2.24) is 15.7 Å². The topological polar surface area (TPSA) is 97.0 Å². The smallest absolute Gasteiger partial charge is 0.245 e. The predicted octanol–water partition coefficient (Wildman–Crippen LogP) is 4.48. The largest absolute Gasteiger partial charge is 0.350 e. The van der Waals surface area contributed by atoms with Crippen LogP contribution in [-0.2, 0) is 30.5 Å². The number of rotatable bonds is 7. The van der Waals surface area contributed by atoms with Crippen LogP contribution in [0.4, 0.5) is 0 Å². The van der Waals surface area contributed by atoms with Gasteiger partial charge in [0.15, 0.2) is 6.29 Å². The fraction of sp³-hybridized carbons (Fsp3) is 0.690. The first-order valence-corrected chi connectivity index (χ1v) is 14.1. The number of carbonyl (C=O) groups excluding carboxylic acids is 3. The molecule has 37 heavy (non-hydrogen) atoms. The summed E-state index contributed by atoms with van der Waals surface area (Å²) in [4.78, 5) is 47.1. The van der Waals surface area contributed by atoms with Crippen molar-refractivity contribution >= 4 is 17.7 Å². The Bertz CT molecular complexity index is 841. The third-order valence-electron chi connectivity index (χ3n) is 7.23. The maximum absolute atomic E-state index is 13.7. The number of amides is 3. The first kappa shape index (κ1) is 29.1. The second-order valence-corrected chi connectivity index (χ2v) is 10.7. The van der Waals surface area contributed by atoms with Crippen LogP contribution in [0.25, 0.3) is 0 Å². The summed E-state index contributed by atoms with van der Waals surface area (Å²) in [6.45, 7) is 5.71. The Hall–Kier alpha value is -2.45. The van der Waals surface area contributed by atoms with Gasteiger partial charge in [0, 0.05) is 38.5 Å². The summed E-state index contributed by atoms with van der Waals surface area (Å²) >= 11 is 0. The lowest BCUT2D eigenvalue weighted by Crippen LogP contribution is -2.52. The molecule has 2 aliphatic rings. The number of nitrogens with one attached hydrogen (secondary N) is 2. The van der Waals surface area contributed by atoms with Gasteiger partial charge in [0.25, 0.3) is 0 Å². The fourth-order valence-electron chi connectivity index (χ4n) is 4.98. The summed E-state index contributed by atoms with van der Waals surface area (Å²) in [5.41, 5.74) is 3.55. The standard InChI is InChI=1S/C29H45N3O5/c1-22(2)27-29(35)32(21-23-14-8-7-9-15-23)18-12-6-4-3-5-10-16-24(28(34)30-27)20-25(33)31-37-26-17-11-13-19-36-26/h7-9,14-15,22,24,26-27H,3-6,10-13,16-21H2,1-2H3,(H,30,34)(H,31,33)/t24?,26-,27?/m0/s1. The Morgan fingerprint density at radius 3 is 2.43 bits per heavy atom. The second-order valence-electron chi connectivity index (χ2n) is 10.7. The SMILES string of the molecule is CC(C)C1NC(=O)C(CC(=O)NO[C@H]2CCCCO2)CCCCCCCCN(Cc2ccccc2)C1=O. The molecule has 0 spiro atoms. The van der Waals surface area contributed by atoms with Gasteiger partial charge in [-0.1, -0.05) is 76.3 Å². The van der Waals surface area contributed by atoms with Crippen molar-refractivity contribution in [3.05, 3.63) is 35.9 Å². The number of carbonyl (C=O) groups is 3. The van der Waals surface area contributed by atoms with Crippen LogP contribution in [0.2, 0.25) is 0 Å². The molecule has 2 aliphatic heterocycles. The Labute approximate surface area is 221 Å². The molecule has 1 aromatic rings. The molecule has 0 radical (unpaired) electrons. The van der Waals surface area contributed by atoms with Crippen molar-refractivity contribution < 1.29 is 24.0 Å². The molecule has 0 bridgehead atoms. The predicted molar refractivity (Wildman–Crippen MR) is 142 cm³/mol. The minimum absolute atomic E-state index is 0.0191. The molecule has 2 fully saturated rings. The molecule has 3 rings (SSSR count). The lowest BCUT2D eigenvalue weighted by Gasteiger charge is -2.31. The molecule has 0 aliphatic carbocycles. The molecule has 0 aromatic heterocycles. The van der Waals surface area contributed by atoms with E-state index < -0.39 is 18.2 Å². The van der Waals surface area contributed by atoms with Gasteiger partial charge in [-0.2, -0.15) is 0 Å². The van der Waals surface area contributed by atoms with Gasteiger partial charge in [0.05, 0.1) is 0 Å². The van der Waals surface area contributed by atoms with E-state index in [9.17, 15) is 14.4 Å². The summed E-state index contributed by atoms with van der Waals surface area (Å²) in [7, 11) is 0. The number of ether oxygens (including phenoxy) is 1. The van der Waals surface area contributed by atoms with Crippen molar-refractivity contribution in [3.8, 4) is 0 Å². The van der Waals surface area contributed by atoms with E-state index in [1.54, 1.807) is 0 Å². The molecule has 2 saturated heterocycles. The number of hydroxylamine groups is 1. The van der Waals surface area contributed by atoms with Gasteiger partial charge < -0.3 is 15.0 Å². The number of nitrogens with zero attached hydrogens (tertiary/aromatic N) is 1. The second kappa shape index (κ2) is 15.7. The van der Waals surface area contributed by atoms with Crippen molar-refractivity contribution in [2.45, 2.75) is 103 Å². The summed E-state index contributed by atoms with van der Waals surface area (Å²) in [6, 6.07) is 9.33. The number of hydrogen-bond donors (Lipinski definition) is 2. The molecule has 206 valence electrons. The van der Waals surface area contributed by atoms with Crippen LogP contribution in [0.1, 0.15) is 90.0 Å². The van der Waals surface area contributed by atoms with Crippen LogP contribution in [0.3, 0.4) is 0 Å². The minimum Gasteiger partial charge on any atom is -0.350 e. The molecule has 8 heteroatoms. The van der Waals surface area contributed by atoms with Gasteiger partial charge in [-0.3, -0.25) is 14.4 Å². The Balaban J connectivity index is 1.68. The maximum atomic E-state index is 13.7. The average Bonchev–Trinajstić information content (AvgIpc) is 2.90. The zero-order valence-corrected chi connectivity index (χ0v) is 22.6. The Morgan fingerprint density at radius 1 is 1.03 bits per heavy atom. The molecule has 8 nitrogen and oxygen atoms in total. The van der Waals surface area contributed by atoms with Crippen LogP contribution >= 0.6 is 0 Å². The minimum atomic E-state index is -0.642. The van der Waals surface area contributed by atoms with E-state index in [0.29, 0.717) is 26.1 Å². The maximum Gasteiger partial charge on any atom is 0.245 e. The van der Waals surface area contributed by atoms with E-state index in [4.69, 9.17) is 9.57 Å². The number of hydrogen-bond acceptors (Lipinski definition) is 5. The van der Waals surface area contributed by atoms with E-state index >= 15 is 0 Å². The van der Waals surface area contributed by atoms with Gasteiger partial charge in [0.2, 0.25) is 17.7 Å². The molecule has 2 unspecified atom stereocenters. The van der Waals surface area contributed by atoms with Crippen LogP contribution in [0, 0.1) is 11.8 Å². The first-order valence-electron chi connectivity index (χ1n) is 14.1. The molecule has 3 amide bonds. The lowest BCUT2D eigenvalue weighted by molar-refractivity contribution is -0.200. The summed E-state index contributed by atoms with van der Waals surface area (Å²) in [6.07, 6.45) is 9.03. The molecule has 3 atom stereocenters. The molecule has 2 heterocycles. The highest BCUT2D eigenvalue weighted by Gasteiger charge is 2.32.